The summed E-state index contributed by atoms with van der Waals surface area (Å²) in [4.78, 5) is 21.1. The van der Waals surface area contributed by atoms with Crippen LogP contribution in [0.25, 0.3) is 0 Å². The number of likely N-dealkylation sites (N-methyl/N-ethyl adjacent to an activating group) is 1. The van der Waals surface area contributed by atoms with Gasteiger partial charge >= 0.3 is 0 Å². The Morgan fingerprint density at radius 2 is 1.88 bits per heavy atom. The first-order valence-electron chi connectivity index (χ1n) is 8.51. The molecule has 1 aliphatic heterocycles. The van der Waals surface area contributed by atoms with Crippen molar-refractivity contribution in [2.24, 2.45) is 5.92 Å². The van der Waals surface area contributed by atoms with Crippen LogP contribution in [0.1, 0.15) is 25.7 Å². The second-order valence-corrected chi connectivity index (χ2v) is 6.81. The molecule has 1 aromatic heterocycles. The highest BCUT2D eigenvalue weighted by Gasteiger charge is 2.37. The quantitative estimate of drug-likeness (QED) is 0.920. The van der Waals surface area contributed by atoms with Gasteiger partial charge in [0.05, 0.1) is 11.9 Å². The molecule has 2 heterocycles. The summed E-state index contributed by atoms with van der Waals surface area (Å²) in [7, 11) is 2.10. The average Bonchev–Trinajstić information content (AvgIpc) is 2.56. The van der Waals surface area contributed by atoms with Gasteiger partial charge in [-0.15, -0.1) is 0 Å². The molecule has 0 bridgehead atoms. The van der Waals surface area contributed by atoms with E-state index in [1.807, 2.05) is 12.1 Å². The van der Waals surface area contributed by atoms with Gasteiger partial charge in [-0.3, -0.25) is 4.79 Å². The van der Waals surface area contributed by atoms with Gasteiger partial charge in [-0.25, -0.2) is 13.8 Å². The predicted molar refractivity (Wildman–Crippen MR) is 89.5 cm³/mol. The van der Waals surface area contributed by atoms with E-state index in [-0.39, 0.29) is 37.5 Å². The molecule has 1 aliphatic carbocycles. The molecule has 5 nitrogen and oxygen atoms in total. The van der Waals surface area contributed by atoms with Gasteiger partial charge in [-0.2, -0.15) is 0 Å². The van der Waals surface area contributed by atoms with Crippen LogP contribution in [0, 0.1) is 5.92 Å². The topological polar surface area (TPSA) is 48.5 Å². The van der Waals surface area contributed by atoms with E-state index >= 15 is 0 Å². The fourth-order valence-electron chi connectivity index (χ4n) is 3.23. The Balaban J connectivity index is 1.53. The molecule has 1 saturated heterocycles. The minimum absolute atomic E-state index is 0.181. The lowest BCUT2D eigenvalue weighted by Gasteiger charge is -2.33. The van der Waals surface area contributed by atoms with Crippen molar-refractivity contribution in [1.82, 2.24) is 9.88 Å². The normalized spacial score (nSPS) is 22.4. The molecule has 0 radical (unpaired) electrons. The van der Waals surface area contributed by atoms with E-state index in [1.54, 1.807) is 6.20 Å². The van der Waals surface area contributed by atoms with Crippen molar-refractivity contribution in [1.29, 1.82) is 0 Å². The van der Waals surface area contributed by atoms with Crippen molar-refractivity contribution in [3.05, 3.63) is 18.3 Å². The Hall–Kier alpha value is -1.76. The first-order chi connectivity index (χ1) is 11.4. The number of alkyl halides is 2. The van der Waals surface area contributed by atoms with Gasteiger partial charge < -0.3 is 15.1 Å². The smallest absolute Gasteiger partial charge is 0.248 e. The summed E-state index contributed by atoms with van der Waals surface area (Å²) in [5.41, 5.74) is 0.621. The van der Waals surface area contributed by atoms with Crippen LogP contribution in [0.4, 0.5) is 20.3 Å². The maximum atomic E-state index is 13.2. The highest BCUT2D eigenvalue weighted by molar-refractivity contribution is 5.92. The largest absolute Gasteiger partial charge is 0.354 e. The molecule has 24 heavy (non-hydrogen) atoms. The summed E-state index contributed by atoms with van der Waals surface area (Å²) in [6.45, 7) is 3.88. The molecule has 0 atom stereocenters. The zero-order valence-electron chi connectivity index (χ0n) is 14.0. The average molecular weight is 338 g/mol. The van der Waals surface area contributed by atoms with E-state index in [4.69, 9.17) is 0 Å². The maximum absolute atomic E-state index is 13.2. The fraction of sp³-hybridized carbons (Fsp3) is 0.647. The van der Waals surface area contributed by atoms with Crippen molar-refractivity contribution < 1.29 is 13.6 Å². The first-order valence-corrected chi connectivity index (χ1v) is 8.51. The van der Waals surface area contributed by atoms with Crippen molar-refractivity contribution in [3.63, 3.8) is 0 Å². The second-order valence-electron chi connectivity index (χ2n) is 6.81. The molecular formula is C17H24F2N4O. The molecule has 1 saturated carbocycles. The van der Waals surface area contributed by atoms with E-state index in [9.17, 15) is 13.6 Å². The Kier molecular flexibility index (Phi) is 4.99. The molecular weight excluding hydrogens is 314 g/mol. The van der Waals surface area contributed by atoms with Crippen LogP contribution >= 0.6 is 0 Å². The molecule has 3 rings (SSSR count). The molecule has 2 aliphatic rings. The molecule has 132 valence electrons. The number of nitrogens with one attached hydrogen (secondary N) is 1. The van der Waals surface area contributed by atoms with Gasteiger partial charge in [0.2, 0.25) is 11.8 Å². The summed E-state index contributed by atoms with van der Waals surface area (Å²) in [5, 5.41) is 2.80. The third-order valence-corrected chi connectivity index (χ3v) is 4.93. The number of anilines is 2. The Morgan fingerprint density at radius 1 is 1.21 bits per heavy atom. The zero-order chi connectivity index (χ0) is 17.2. The number of halogens is 2. The third-order valence-electron chi connectivity index (χ3n) is 4.93. The number of amides is 1. The highest BCUT2D eigenvalue weighted by atomic mass is 19.3. The summed E-state index contributed by atoms with van der Waals surface area (Å²) >= 11 is 0. The molecule has 1 N–H and O–H groups in total. The van der Waals surface area contributed by atoms with Crippen LogP contribution in [-0.4, -0.2) is 54.9 Å². The number of nitrogens with zero attached hydrogens (tertiary/aromatic N) is 3. The first kappa shape index (κ1) is 17.1. The van der Waals surface area contributed by atoms with E-state index < -0.39 is 5.92 Å². The van der Waals surface area contributed by atoms with Gasteiger partial charge in [0.25, 0.3) is 0 Å². The number of hydrogen-bond acceptors (Lipinski definition) is 4. The molecule has 0 spiro atoms. The summed E-state index contributed by atoms with van der Waals surface area (Å²) in [6.07, 6.45) is 1.72. The fourth-order valence-corrected chi connectivity index (χ4v) is 3.23. The lowest BCUT2D eigenvalue weighted by atomic mass is 9.86. The number of rotatable bonds is 3. The molecule has 0 aromatic carbocycles. The minimum atomic E-state index is -2.61. The minimum Gasteiger partial charge on any atom is -0.354 e. The SMILES string of the molecule is CN1CCN(c2ccc(NC(=O)C3CCC(F)(F)CC3)cn2)CC1. The van der Waals surface area contributed by atoms with Gasteiger partial charge in [0.15, 0.2) is 0 Å². The van der Waals surface area contributed by atoms with Crippen LogP contribution in [0.2, 0.25) is 0 Å². The van der Waals surface area contributed by atoms with Crippen LogP contribution < -0.4 is 10.2 Å². The van der Waals surface area contributed by atoms with Gasteiger partial charge in [-0.05, 0) is 32.0 Å². The summed E-state index contributed by atoms with van der Waals surface area (Å²) in [5.74, 6) is -2.22. The van der Waals surface area contributed by atoms with Gasteiger partial charge in [-0.1, -0.05) is 0 Å². The molecule has 1 amide bonds. The van der Waals surface area contributed by atoms with E-state index in [0.717, 1.165) is 32.0 Å². The van der Waals surface area contributed by atoms with Gasteiger partial charge in [0, 0.05) is 44.9 Å². The Morgan fingerprint density at radius 3 is 2.46 bits per heavy atom. The lowest BCUT2D eigenvalue weighted by molar-refractivity contribution is -0.124. The van der Waals surface area contributed by atoms with Crippen LogP contribution in [0.15, 0.2) is 18.3 Å². The second kappa shape index (κ2) is 7.01. The summed E-state index contributed by atoms with van der Waals surface area (Å²) < 4.78 is 26.3. The summed E-state index contributed by atoms with van der Waals surface area (Å²) in [6, 6.07) is 3.73. The number of hydrogen-bond donors (Lipinski definition) is 1. The van der Waals surface area contributed by atoms with Crippen LogP contribution in [0.5, 0.6) is 0 Å². The predicted octanol–water partition coefficient (Wildman–Crippen LogP) is 2.60. The standard InChI is InChI=1S/C17H24F2N4O/c1-22-8-10-23(11-9-22)15-3-2-14(12-20-15)21-16(24)13-4-6-17(18,19)7-5-13/h2-3,12-13H,4-11H2,1H3,(H,21,24). The van der Waals surface area contributed by atoms with Crippen LogP contribution in [-0.2, 0) is 4.79 Å². The third kappa shape index (κ3) is 4.20. The van der Waals surface area contributed by atoms with Crippen LogP contribution in [0.3, 0.4) is 0 Å². The van der Waals surface area contributed by atoms with Gasteiger partial charge in [0.1, 0.15) is 5.82 Å². The van der Waals surface area contributed by atoms with E-state index in [0.29, 0.717) is 5.69 Å². The molecule has 2 fully saturated rings. The Bertz CT molecular complexity index is 560. The monoisotopic (exact) mass is 338 g/mol. The van der Waals surface area contributed by atoms with Crippen molar-refractivity contribution >= 4 is 17.4 Å². The molecule has 0 unspecified atom stereocenters. The maximum Gasteiger partial charge on any atom is 0.248 e. The number of pyridine rings is 1. The number of carbonyl (C=O) groups excluding carboxylic acids is 1. The zero-order valence-corrected chi connectivity index (χ0v) is 14.0. The lowest BCUT2D eigenvalue weighted by Crippen LogP contribution is -2.44. The molecule has 7 heteroatoms. The van der Waals surface area contributed by atoms with E-state index in [1.165, 1.54) is 0 Å². The van der Waals surface area contributed by atoms with Crippen molar-refractivity contribution in [2.45, 2.75) is 31.6 Å². The number of aromatic nitrogens is 1. The highest BCUT2D eigenvalue weighted by Crippen LogP contribution is 2.36. The molecule has 1 aromatic rings. The number of carbonyl (C=O) groups is 1. The Labute approximate surface area is 141 Å². The van der Waals surface area contributed by atoms with Crippen molar-refractivity contribution in [2.75, 3.05) is 43.4 Å². The van der Waals surface area contributed by atoms with Crippen molar-refractivity contribution in [3.8, 4) is 0 Å². The van der Waals surface area contributed by atoms with E-state index in [2.05, 4.69) is 27.1 Å². The number of piperazine rings is 1.